The van der Waals surface area contributed by atoms with E-state index in [-0.39, 0.29) is 5.41 Å². The summed E-state index contributed by atoms with van der Waals surface area (Å²) >= 11 is 1.86. The average Bonchev–Trinajstić information content (AvgIpc) is 3.38. The van der Waals surface area contributed by atoms with Gasteiger partial charge >= 0.3 is 0 Å². The first-order chi connectivity index (χ1) is 9.33. The molecule has 2 aliphatic rings. The lowest BCUT2D eigenvalue weighted by atomic mass is 9.97. The van der Waals surface area contributed by atoms with Crippen LogP contribution < -0.4 is 5.73 Å². The van der Waals surface area contributed by atoms with E-state index in [1.807, 2.05) is 11.3 Å². The molecule has 2 fully saturated rings. The van der Waals surface area contributed by atoms with E-state index in [1.54, 1.807) is 0 Å². The van der Waals surface area contributed by atoms with Gasteiger partial charge in [0.1, 0.15) is 5.01 Å². The van der Waals surface area contributed by atoms with Crippen molar-refractivity contribution < 1.29 is 0 Å². The predicted octanol–water partition coefficient (Wildman–Crippen LogP) is 3.56. The van der Waals surface area contributed by atoms with E-state index in [1.165, 1.54) is 46.8 Å². The summed E-state index contributed by atoms with van der Waals surface area (Å²) in [4.78, 5) is 6.31. The van der Waals surface area contributed by atoms with Crippen LogP contribution in [0.25, 0.3) is 0 Å². The number of benzene rings is 1. The Morgan fingerprint density at radius 1 is 1.21 bits per heavy atom. The molecule has 2 aromatic rings. The van der Waals surface area contributed by atoms with Crippen LogP contribution in [0.3, 0.4) is 0 Å². The predicted molar refractivity (Wildman–Crippen MR) is 78.4 cm³/mol. The third-order valence-corrected chi connectivity index (χ3v) is 5.66. The zero-order chi connectivity index (χ0) is 12.9. The smallest absolute Gasteiger partial charge is 0.104 e. The largest absolute Gasteiger partial charge is 0.326 e. The lowest BCUT2D eigenvalue weighted by molar-refractivity contribution is 0.818. The monoisotopic (exact) mass is 270 g/mol. The quantitative estimate of drug-likeness (QED) is 0.922. The van der Waals surface area contributed by atoms with Crippen LogP contribution in [0.1, 0.15) is 52.7 Å². The molecule has 0 unspecified atom stereocenters. The molecule has 0 aliphatic heterocycles. The van der Waals surface area contributed by atoms with Gasteiger partial charge in [0.2, 0.25) is 0 Å². The summed E-state index contributed by atoms with van der Waals surface area (Å²) in [5.74, 6) is 0.704. The molecule has 0 spiro atoms. The van der Waals surface area contributed by atoms with E-state index in [9.17, 15) is 0 Å². The standard InChI is InChI=1S/C16H18N2S/c17-10-13-14(11-6-7-11)18-15(19-13)16(8-9-16)12-4-2-1-3-5-12/h1-5,11H,6-10,17H2. The van der Waals surface area contributed by atoms with Gasteiger partial charge in [0, 0.05) is 22.8 Å². The molecule has 19 heavy (non-hydrogen) atoms. The fraction of sp³-hybridized carbons (Fsp3) is 0.438. The molecule has 0 bridgehead atoms. The number of nitrogens with two attached hydrogens (primary N) is 1. The van der Waals surface area contributed by atoms with Gasteiger partial charge in [-0.2, -0.15) is 0 Å². The van der Waals surface area contributed by atoms with E-state index < -0.39 is 0 Å². The fourth-order valence-corrected chi connectivity index (χ4v) is 4.19. The second-order valence-electron chi connectivity index (χ2n) is 5.75. The highest BCUT2D eigenvalue weighted by molar-refractivity contribution is 7.12. The first kappa shape index (κ1) is 11.6. The molecule has 2 aliphatic carbocycles. The maximum Gasteiger partial charge on any atom is 0.104 e. The van der Waals surface area contributed by atoms with Crippen molar-refractivity contribution in [2.45, 2.75) is 43.6 Å². The Kier molecular flexibility index (Phi) is 2.54. The molecule has 1 aromatic heterocycles. The van der Waals surface area contributed by atoms with Crippen molar-refractivity contribution in [3.63, 3.8) is 0 Å². The molecule has 0 radical (unpaired) electrons. The van der Waals surface area contributed by atoms with Crippen LogP contribution >= 0.6 is 11.3 Å². The average molecular weight is 270 g/mol. The highest BCUT2D eigenvalue weighted by Crippen LogP contribution is 2.56. The van der Waals surface area contributed by atoms with E-state index in [0.29, 0.717) is 12.5 Å². The van der Waals surface area contributed by atoms with E-state index in [4.69, 9.17) is 10.7 Å². The van der Waals surface area contributed by atoms with Crippen molar-refractivity contribution in [2.24, 2.45) is 5.73 Å². The minimum absolute atomic E-state index is 0.211. The summed E-state index contributed by atoms with van der Waals surface area (Å²) in [7, 11) is 0. The molecular weight excluding hydrogens is 252 g/mol. The van der Waals surface area contributed by atoms with Crippen LogP contribution in [0.2, 0.25) is 0 Å². The molecule has 3 heteroatoms. The summed E-state index contributed by atoms with van der Waals surface area (Å²) in [6, 6.07) is 10.8. The van der Waals surface area contributed by atoms with Gasteiger partial charge in [-0.3, -0.25) is 0 Å². The third kappa shape index (κ3) is 1.84. The SMILES string of the molecule is NCc1sc(C2(c3ccccc3)CC2)nc1C1CC1. The maximum atomic E-state index is 5.90. The number of rotatable bonds is 4. The van der Waals surface area contributed by atoms with E-state index in [0.717, 1.165) is 0 Å². The number of thiazole rings is 1. The molecular formula is C16H18N2S. The van der Waals surface area contributed by atoms with Gasteiger partial charge in [0.05, 0.1) is 5.69 Å². The Balaban J connectivity index is 1.76. The normalized spacial score (nSPS) is 20.5. The van der Waals surface area contributed by atoms with Gasteiger partial charge in [0.15, 0.2) is 0 Å². The van der Waals surface area contributed by atoms with Crippen molar-refractivity contribution >= 4 is 11.3 Å². The second kappa shape index (κ2) is 4.15. The number of aromatic nitrogens is 1. The summed E-state index contributed by atoms with van der Waals surface area (Å²) in [5, 5.41) is 1.31. The molecule has 1 aromatic carbocycles. The number of hydrogen-bond acceptors (Lipinski definition) is 3. The van der Waals surface area contributed by atoms with Crippen LogP contribution in [-0.4, -0.2) is 4.98 Å². The maximum absolute atomic E-state index is 5.90. The van der Waals surface area contributed by atoms with Crippen molar-refractivity contribution in [1.29, 1.82) is 0 Å². The van der Waals surface area contributed by atoms with Crippen LogP contribution in [0.5, 0.6) is 0 Å². The van der Waals surface area contributed by atoms with Crippen LogP contribution in [0, 0.1) is 0 Å². The summed E-state index contributed by atoms with van der Waals surface area (Å²) in [6.07, 6.45) is 5.07. The van der Waals surface area contributed by atoms with Gasteiger partial charge < -0.3 is 5.73 Å². The zero-order valence-corrected chi connectivity index (χ0v) is 11.7. The van der Waals surface area contributed by atoms with Gasteiger partial charge in [-0.25, -0.2) is 4.98 Å². The Morgan fingerprint density at radius 3 is 2.53 bits per heavy atom. The van der Waals surface area contributed by atoms with Crippen LogP contribution in [-0.2, 0) is 12.0 Å². The number of hydrogen-bond donors (Lipinski definition) is 1. The van der Waals surface area contributed by atoms with Crippen molar-refractivity contribution in [2.75, 3.05) is 0 Å². The molecule has 2 saturated carbocycles. The molecule has 2 N–H and O–H groups in total. The van der Waals surface area contributed by atoms with Gasteiger partial charge in [0.25, 0.3) is 0 Å². The Bertz CT molecular complexity index is 594. The molecule has 2 nitrogen and oxygen atoms in total. The van der Waals surface area contributed by atoms with E-state index >= 15 is 0 Å². The minimum atomic E-state index is 0.211. The molecule has 98 valence electrons. The first-order valence-corrected chi connectivity index (χ1v) is 7.91. The number of nitrogens with zero attached hydrogens (tertiary/aromatic N) is 1. The Labute approximate surface area is 117 Å². The van der Waals surface area contributed by atoms with Crippen LogP contribution in [0.15, 0.2) is 30.3 Å². The van der Waals surface area contributed by atoms with Crippen molar-refractivity contribution in [3.05, 3.63) is 51.5 Å². The highest BCUT2D eigenvalue weighted by atomic mass is 32.1. The third-order valence-electron chi connectivity index (χ3n) is 4.36. The summed E-state index contributed by atoms with van der Waals surface area (Å²) in [5.41, 5.74) is 8.85. The second-order valence-corrected chi connectivity index (χ2v) is 6.84. The van der Waals surface area contributed by atoms with Gasteiger partial charge in [-0.05, 0) is 31.2 Å². The Morgan fingerprint density at radius 2 is 1.95 bits per heavy atom. The topological polar surface area (TPSA) is 38.9 Å². The molecule has 0 amide bonds. The Hall–Kier alpha value is -1.19. The minimum Gasteiger partial charge on any atom is -0.326 e. The van der Waals surface area contributed by atoms with Crippen molar-refractivity contribution in [1.82, 2.24) is 4.98 Å². The van der Waals surface area contributed by atoms with Gasteiger partial charge in [-0.1, -0.05) is 30.3 Å². The van der Waals surface area contributed by atoms with Crippen molar-refractivity contribution in [3.8, 4) is 0 Å². The van der Waals surface area contributed by atoms with E-state index in [2.05, 4.69) is 30.3 Å². The summed E-state index contributed by atoms with van der Waals surface area (Å²) < 4.78 is 0. The highest BCUT2D eigenvalue weighted by Gasteiger charge is 2.49. The molecule has 0 atom stereocenters. The lowest BCUT2D eigenvalue weighted by Gasteiger charge is -2.12. The lowest BCUT2D eigenvalue weighted by Crippen LogP contribution is -2.07. The molecule has 1 heterocycles. The van der Waals surface area contributed by atoms with Gasteiger partial charge in [-0.15, -0.1) is 11.3 Å². The fourth-order valence-electron chi connectivity index (χ4n) is 2.90. The first-order valence-electron chi connectivity index (χ1n) is 7.09. The molecule has 4 rings (SSSR count). The molecule has 0 saturated heterocycles. The zero-order valence-electron chi connectivity index (χ0n) is 10.9. The van der Waals surface area contributed by atoms with Crippen LogP contribution in [0.4, 0.5) is 0 Å². The summed E-state index contributed by atoms with van der Waals surface area (Å²) in [6.45, 7) is 0.647.